The number of aliphatic imine (C=N–C) groups is 1. The molecule has 10 heteroatoms. The Bertz CT molecular complexity index is 541. The maximum Gasteiger partial charge on any atom is 0.401 e. The highest BCUT2D eigenvalue weighted by atomic mass is 127. The fourth-order valence-electron chi connectivity index (χ4n) is 2.79. The number of nitrogens with one attached hydrogen (secondary N) is 2. The SMILES string of the molecule is CCNC(=NCCCOCc1ccco1)NC1CCN(CC(F)(F)F)C1.I. The van der Waals surface area contributed by atoms with Crippen LogP contribution in [0, 0.1) is 0 Å². The summed E-state index contributed by atoms with van der Waals surface area (Å²) in [6, 6.07) is 3.65. The third-order valence-corrected chi connectivity index (χ3v) is 3.90. The molecule has 27 heavy (non-hydrogen) atoms. The fraction of sp³-hybridized carbons (Fsp3) is 0.706. The van der Waals surface area contributed by atoms with Gasteiger partial charge in [0.15, 0.2) is 5.96 Å². The maximum atomic E-state index is 12.5. The Morgan fingerprint density at radius 2 is 2.26 bits per heavy atom. The molecule has 2 N–H and O–H groups in total. The van der Waals surface area contributed by atoms with E-state index in [0.717, 1.165) is 12.2 Å². The van der Waals surface area contributed by atoms with Crippen molar-refractivity contribution in [2.24, 2.45) is 4.99 Å². The van der Waals surface area contributed by atoms with Crippen molar-refractivity contribution in [2.75, 3.05) is 39.3 Å². The first kappa shape index (κ1) is 24.0. The number of hydrogen-bond acceptors (Lipinski definition) is 4. The fourth-order valence-corrected chi connectivity index (χ4v) is 2.79. The summed E-state index contributed by atoms with van der Waals surface area (Å²) in [5.74, 6) is 1.42. The molecule has 0 spiro atoms. The molecule has 0 aromatic carbocycles. The number of rotatable bonds is 9. The van der Waals surface area contributed by atoms with Crippen molar-refractivity contribution in [1.29, 1.82) is 0 Å². The number of guanidine groups is 1. The number of halogens is 4. The Morgan fingerprint density at radius 3 is 2.93 bits per heavy atom. The van der Waals surface area contributed by atoms with Gasteiger partial charge in [-0.1, -0.05) is 0 Å². The molecular formula is C17H28F3IN4O2. The largest absolute Gasteiger partial charge is 0.467 e. The molecule has 2 rings (SSSR count). The van der Waals surface area contributed by atoms with Gasteiger partial charge in [0.2, 0.25) is 0 Å². The zero-order valence-electron chi connectivity index (χ0n) is 15.4. The van der Waals surface area contributed by atoms with Crippen molar-refractivity contribution in [3.05, 3.63) is 24.2 Å². The van der Waals surface area contributed by atoms with E-state index in [1.807, 2.05) is 19.1 Å². The van der Waals surface area contributed by atoms with Crippen molar-refractivity contribution in [2.45, 2.75) is 38.6 Å². The van der Waals surface area contributed by atoms with Gasteiger partial charge in [-0.2, -0.15) is 13.2 Å². The number of ether oxygens (including phenoxy) is 1. The number of furan rings is 1. The molecule has 1 aromatic rings. The van der Waals surface area contributed by atoms with Crippen LogP contribution in [0.1, 0.15) is 25.5 Å². The minimum atomic E-state index is -4.15. The molecule has 156 valence electrons. The van der Waals surface area contributed by atoms with E-state index in [9.17, 15) is 13.2 Å². The first-order chi connectivity index (χ1) is 12.5. The summed E-state index contributed by atoms with van der Waals surface area (Å²) in [6.45, 7) is 4.18. The number of alkyl halides is 3. The molecule has 1 aliphatic rings. The van der Waals surface area contributed by atoms with Gasteiger partial charge >= 0.3 is 6.18 Å². The van der Waals surface area contributed by atoms with E-state index in [1.54, 1.807) is 6.26 Å². The topological polar surface area (TPSA) is 62.0 Å². The van der Waals surface area contributed by atoms with Crippen LogP contribution in [0.25, 0.3) is 0 Å². The summed E-state index contributed by atoms with van der Waals surface area (Å²) >= 11 is 0. The van der Waals surface area contributed by atoms with Crippen LogP contribution < -0.4 is 10.6 Å². The van der Waals surface area contributed by atoms with Crippen LogP contribution >= 0.6 is 24.0 Å². The van der Waals surface area contributed by atoms with Gasteiger partial charge in [-0.15, -0.1) is 24.0 Å². The average molecular weight is 504 g/mol. The van der Waals surface area contributed by atoms with E-state index in [1.165, 1.54) is 4.90 Å². The van der Waals surface area contributed by atoms with Crippen LogP contribution in [0.3, 0.4) is 0 Å². The second-order valence-corrected chi connectivity index (χ2v) is 6.23. The predicted molar refractivity (Wildman–Crippen MR) is 108 cm³/mol. The van der Waals surface area contributed by atoms with Crippen LogP contribution in [0.4, 0.5) is 13.2 Å². The molecule has 1 atom stereocenters. The third kappa shape index (κ3) is 10.2. The van der Waals surface area contributed by atoms with Gasteiger partial charge in [-0.05, 0) is 31.9 Å². The molecule has 6 nitrogen and oxygen atoms in total. The van der Waals surface area contributed by atoms with Crippen molar-refractivity contribution in [3.63, 3.8) is 0 Å². The van der Waals surface area contributed by atoms with Crippen LogP contribution in [-0.2, 0) is 11.3 Å². The van der Waals surface area contributed by atoms with Gasteiger partial charge in [0.1, 0.15) is 12.4 Å². The molecule has 2 heterocycles. The highest BCUT2D eigenvalue weighted by Crippen LogP contribution is 2.19. The minimum Gasteiger partial charge on any atom is -0.467 e. The Hall–Kier alpha value is -1.01. The van der Waals surface area contributed by atoms with Crippen LogP contribution in [0.5, 0.6) is 0 Å². The maximum absolute atomic E-state index is 12.5. The first-order valence-electron chi connectivity index (χ1n) is 8.90. The van der Waals surface area contributed by atoms with Gasteiger partial charge in [0, 0.05) is 38.8 Å². The quantitative estimate of drug-likeness (QED) is 0.235. The lowest BCUT2D eigenvalue weighted by Crippen LogP contribution is -2.45. The molecule has 0 saturated carbocycles. The molecule has 1 fully saturated rings. The van der Waals surface area contributed by atoms with Gasteiger partial charge in [-0.3, -0.25) is 9.89 Å². The molecule has 1 aliphatic heterocycles. The van der Waals surface area contributed by atoms with E-state index in [2.05, 4.69) is 15.6 Å². The molecule has 0 amide bonds. The number of likely N-dealkylation sites (tertiary alicyclic amines) is 1. The molecule has 1 saturated heterocycles. The summed E-state index contributed by atoms with van der Waals surface area (Å²) in [5.41, 5.74) is 0. The third-order valence-electron chi connectivity index (χ3n) is 3.90. The molecule has 0 aliphatic carbocycles. The highest BCUT2D eigenvalue weighted by molar-refractivity contribution is 14.0. The monoisotopic (exact) mass is 504 g/mol. The van der Waals surface area contributed by atoms with Crippen molar-refractivity contribution < 1.29 is 22.3 Å². The molecule has 0 radical (unpaired) electrons. The van der Waals surface area contributed by atoms with E-state index < -0.39 is 12.7 Å². The van der Waals surface area contributed by atoms with Crippen LogP contribution in [0.15, 0.2) is 27.8 Å². The lowest BCUT2D eigenvalue weighted by atomic mass is 10.3. The minimum absolute atomic E-state index is 0. The molecule has 0 bridgehead atoms. The standard InChI is InChI=1S/C17H27F3N4O2.HI/c1-2-21-16(22-7-4-9-25-12-15-5-3-10-26-15)23-14-6-8-24(11-14)13-17(18,19)20;/h3,5,10,14H,2,4,6-9,11-13H2,1H3,(H2,21,22,23);1H. The van der Waals surface area contributed by atoms with Gasteiger partial charge in [0.25, 0.3) is 0 Å². The first-order valence-corrected chi connectivity index (χ1v) is 8.90. The van der Waals surface area contributed by atoms with Gasteiger partial charge in [0.05, 0.1) is 12.8 Å². The normalized spacial score (nSPS) is 18.4. The summed E-state index contributed by atoms with van der Waals surface area (Å²) in [6.07, 6.45) is -1.12. The summed E-state index contributed by atoms with van der Waals surface area (Å²) in [7, 11) is 0. The van der Waals surface area contributed by atoms with E-state index in [4.69, 9.17) is 9.15 Å². The van der Waals surface area contributed by atoms with Crippen LogP contribution in [0.2, 0.25) is 0 Å². The second-order valence-electron chi connectivity index (χ2n) is 6.23. The molecular weight excluding hydrogens is 476 g/mol. The van der Waals surface area contributed by atoms with Crippen molar-refractivity contribution >= 4 is 29.9 Å². The summed E-state index contributed by atoms with van der Waals surface area (Å²) in [4.78, 5) is 5.88. The van der Waals surface area contributed by atoms with Crippen molar-refractivity contribution in [3.8, 4) is 0 Å². The van der Waals surface area contributed by atoms with E-state index in [0.29, 0.717) is 51.8 Å². The zero-order valence-corrected chi connectivity index (χ0v) is 17.8. The van der Waals surface area contributed by atoms with Crippen molar-refractivity contribution in [1.82, 2.24) is 15.5 Å². The lowest BCUT2D eigenvalue weighted by molar-refractivity contribution is -0.143. The second kappa shape index (κ2) is 12.4. The Morgan fingerprint density at radius 1 is 1.44 bits per heavy atom. The lowest BCUT2D eigenvalue weighted by Gasteiger charge is -2.19. The van der Waals surface area contributed by atoms with Gasteiger partial charge in [-0.25, -0.2) is 0 Å². The Balaban J connectivity index is 0.00000364. The molecule has 1 unspecified atom stereocenters. The Kier molecular flexibility index (Phi) is 11.1. The molecule has 1 aromatic heterocycles. The predicted octanol–water partition coefficient (Wildman–Crippen LogP) is 3.00. The number of hydrogen-bond donors (Lipinski definition) is 2. The smallest absolute Gasteiger partial charge is 0.401 e. The zero-order chi connectivity index (χ0) is 18.8. The number of nitrogens with zero attached hydrogens (tertiary/aromatic N) is 2. The van der Waals surface area contributed by atoms with Crippen LogP contribution in [-0.4, -0.2) is 62.4 Å². The highest BCUT2D eigenvalue weighted by Gasteiger charge is 2.34. The van der Waals surface area contributed by atoms with Gasteiger partial charge < -0.3 is 19.8 Å². The summed E-state index contributed by atoms with van der Waals surface area (Å²) in [5, 5.41) is 6.35. The summed E-state index contributed by atoms with van der Waals surface area (Å²) < 4.78 is 48.1. The van der Waals surface area contributed by atoms with E-state index >= 15 is 0 Å². The van der Waals surface area contributed by atoms with E-state index in [-0.39, 0.29) is 30.0 Å². The average Bonchev–Trinajstić information content (AvgIpc) is 3.21. The Labute approximate surface area is 174 Å².